The Hall–Kier alpha value is 0.0649. The Balaban J connectivity index is 1.72. The largest absolute Gasteiger partial charge is 0.127 e. The number of rotatable bonds is 2. The smallest absolute Gasteiger partial charge is 0.0654 e. The minimum absolute atomic E-state index is 1.10. The van der Waals surface area contributed by atoms with E-state index in [0.717, 1.165) is 11.6 Å². The van der Waals surface area contributed by atoms with Crippen LogP contribution < -0.4 is 0 Å². The molecular weight excluding hydrogens is 203 g/mol. The highest BCUT2D eigenvalue weighted by atomic mass is 14.1. The fourth-order valence-electron chi connectivity index (χ4n) is 4.02. The predicted octanol–water partition coefficient (Wildman–Crippen LogP) is 5.49. The lowest BCUT2D eigenvalue weighted by Gasteiger charge is -2.25. The molecule has 0 nitrogen and oxygen atoms in total. The van der Waals surface area contributed by atoms with E-state index in [1.165, 1.54) is 64.2 Å². The van der Waals surface area contributed by atoms with Crippen molar-refractivity contribution in [3.63, 3.8) is 0 Å². The van der Waals surface area contributed by atoms with E-state index in [4.69, 9.17) is 0 Å². The lowest BCUT2D eigenvalue weighted by atomic mass is 9.50. The molecular formula is C16H31B. The van der Waals surface area contributed by atoms with Crippen molar-refractivity contribution in [2.45, 2.75) is 102 Å². The van der Waals surface area contributed by atoms with E-state index in [0.29, 0.717) is 0 Å². The van der Waals surface area contributed by atoms with Gasteiger partial charge in [-0.2, -0.15) is 0 Å². The van der Waals surface area contributed by atoms with E-state index in [-0.39, 0.29) is 0 Å². The van der Waals surface area contributed by atoms with Crippen LogP contribution in [-0.4, -0.2) is 7.28 Å². The molecule has 0 radical (unpaired) electrons. The van der Waals surface area contributed by atoms with E-state index in [9.17, 15) is 0 Å². The zero-order valence-corrected chi connectivity index (χ0v) is 11.8. The fourth-order valence-corrected chi connectivity index (χ4v) is 4.02. The first-order valence-electron chi connectivity index (χ1n) is 8.45. The molecule has 2 fully saturated rings. The van der Waals surface area contributed by atoms with Crippen LogP contribution in [0.5, 0.6) is 0 Å². The average molecular weight is 234 g/mol. The lowest BCUT2D eigenvalue weighted by Crippen LogP contribution is -2.14. The maximum Gasteiger partial charge on any atom is 0.127 e. The standard InChI is InChI=1S/C16H31B/c1-3-7-11-15(12-8-4-1)17-16-13-9-5-2-6-10-14-16/h15-17H,1-14H2. The minimum atomic E-state index is 1.10. The second kappa shape index (κ2) is 8.22. The van der Waals surface area contributed by atoms with Gasteiger partial charge in [0.15, 0.2) is 0 Å². The summed E-state index contributed by atoms with van der Waals surface area (Å²) in [6, 6.07) is 0. The maximum absolute atomic E-state index is 1.58. The Morgan fingerprint density at radius 2 is 0.706 bits per heavy atom. The zero-order chi connectivity index (χ0) is 11.8. The molecule has 0 amide bonds. The number of hydrogen-bond acceptors (Lipinski definition) is 0. The summed E-state index contributed by atoms with van der Waals surface area (Å²) < 4.78 is 0. The summed E-state index contributed by atoms with van der Waals surface area (Å²) in [6.45, 7) is 0. The third kappa shape index (κ3) is 5.49. The van der Waals surface area contributed by atoms with Gasteiger partial charge >= 0.3 is 0 Å². The normalized spacial score (nSPS) is 26.6. The van der Waals surface area contributed by atoms with E-state index < -0.39 is 0 Å². The molecule has 0 N–H and O–H groups in total. The third-order valence-corrected chi connectivity index (χ3v) is 5.12. The molecule has 0 unspecified atom stereocenters. The van der Waals surface area contributed by atoms with Crippen molar-refractivity contribution >= 4 is 7.28 Å². The molecule has 2 saturated carbocycles. The molecule has 2 aliphatic carbocycles. The summed E-state index contributed by atoms with van der Waals surface area (Å²) in [7, 11) is 1.58. The molecule has 0 aromatic heterocycles. The minimum Gasteiger partial charge on any atom is -0.0654 e. The van der Waals surface area contributed by atoms with Crippen molar-refractivity contribution < 1.29 is 0 Å². The van der Waals surface area contributed by atoms with Gasteiger partial charge in [-0.15, -0.1) is 0 Å². The topological polar surface area (TPSA) is 0 Å². The summed E-state index contributed by atoms with van der Waals surface area (Å²) in [4.78, 5) is 0. The Bertz CT molecular complexity index is 154. The molecule has 2 rings (SSSR count). The fraction of sp³-hybridized carbons (Fsp3) is 1.00. The first kappa shape index (κ1) is 13.5. The Labute approximate surface area is 109 Å². The van der Waals surface area contributed by atoms with Crippen LogP contribution in [0, 0.1) is 0 Å². The van der Waals surface area contributed by atoms with Gasteiger partial charge in [0, 0.05) is 0 Å². The second-order valence-corrected chi connectivity index (χ2v) is 6.66. The highest BCUT2D eigenvalue weighted by molar-refractivity contribution is 6.39. The van der Waals surface area contributed by atoms with Crippen LogP contribution >= 0.6 is 0 Å². The highest BCUT2D eigenvalue weighted by Gasteiger charge is 2.19. The second-order valence-electron chi connectivity index (χ2n) is 6.66. The molecule has 0 aromatic carbocycles. The van der Waals surface area contributed by atoms with Gasteiger partial charge in [-0.05, 0) is 0 Å². The van der Waals surface area contributed by atoms with Crippen molar-refractivity contribution in [2.75, 3.05) is 0 Å². The molecule has 0 aliphatic heterocycles. The summed E-state index contributed by atoms with van der Waals surface area (Å²) in [6.07, 6.45) is 21.4. The Kier molecular flexibility index (Phi) is 6.52. The average Bonchev–Trinajstić information content (AvgIpc) is 2.24. The van der Waals surface area contributed by atoms with Crippen LogP contribution in [0.3, 0.4) is 0 Å². The van der Waals surface area contributed by atoms with Crippen LogP contribution in [0.2, 0.25) is 11.6 Å². The van der Waals surface area contributed by atoms with Gasteiger partial charge in [-0.3, -0.25) is 0 Å². The summed E-state index contributed by atoms with van der Waals surface area (Å²) >= 11 is 0. The molecule has 0 spiro atoms. The van der Waals surface area contributed by atoms with E-state index in [2.05, 4.69) is 0 Å². The van der Waals surface area contributed by atoms with Gasteiger partial charge in [-0.1, -0.05) is 102 Å². The molecule has 17 heavy (non-hydrogen) atoms. The Morgan fingerprint density at radius 1 is 0.412 bits per heavy atom. The van der Waals surface area contributed by atoms with Crippen LogP contribution in [0.1, 0.15) is 89.9 Å². The quantitative estimate of drug-likeness (QED) is 0.554. The Morgan fingerprint density at radius 3 is 1.06 bits per heavy atom. The van der Waals surface area contributed by atoms with Crippen molar-refractivity contribution in [1.82, 2.24) is 0 Å². The lowest BCUT2D eigenvalue weighted by molar-refractivity contribution is 0.477. The molecule has 0 saturated heterocycles. The summed E-state index contributed by atoms with van der Waals surface area (Å²) in [5, 5.41) is 0. The molecule has 98 valence electrons. The van der Waals surface area contributed by atoms with Gasteiger partial charge in [0.25, 0.3) is 0 Å². The van der Waals surface area contributed by atoms with Gasteiger partial charge < -0.3 is 0 Å². The first-order chi connectivity index (χ1) is 8.45. The van der Waals surface area contributed by atoms with E-state index in [1.807, 2.05) is 0 Å². The monoisotopic (exact) mass is 234 g/mol. The molecule has 0 heterocycles. The van der Waals surface area contributed by atoms with E-state index >= 15 is 0 Å². The third-order valence-electron chi connectivity index (χ3n) is 5.12. The molecule has 1 heteroatoms. The SMILES string of the molecule is B(C1CCCCCCC1)C1CCCCCCC1. The van der Waals surface area contributed by atoms with Gasteiger partial charge in [0.1, 0.15) is 7.28 Å². The highest BCUT2D eigenvalue weighted by Crippen LogP contribution is 2.34. The predicted molar refractivity (Wildman–Crippen MR) is 79.3 cm³/mol. The van der Waals surface area contributed by atoms with Crippen LogP contribution in [0.25, 0.3) is 0 Å². The van der Waals surface area contributed by atoms with Gasteiger partial charge in [0.05, 0.1) is 0 Å². The van der Waals surface area contributed by atoms with Crippen molar-refractivity contribution in [1.29, 1.82) is 0 Å². The van der Waals surface area contributed by atoms with Crippen LogP contribution in [-0.2, 0) is 0 Å². The van der Waals surface area contributed by atoms with E-state index in [1.54, 1.807) is 33.0 Å². The molecule has 2 aliphatic rings. The summed E-state index contributed by atoms with van der Waals surface area (Å²) in [5.74, 6) is 2.19. The molecule has 0 bridgehead atoms. The van der Waals surface area contributed by atoms with Crippen molar-refractivity contribution in [3.05, 3.63) is 0 Å². The van der Waals surface area contributed by atoms with Crippen molar-refractivity contribution in [2.24, 2.45) is 0 Å². The molecule has 0 aromatic rings. The van der Waals surface area contributed by atoms with Crippen LogP contribution in [0.4, 0.5) is 0 Å². The maximum atomic E-state index is 1.58. The first-order valence-corrected chi connectivity index (χ1v) is 8.45. The van der Waals surface area contributed by atoms with Crippen LogP contribution in [0.15, 0.2) is 0 Å². The molecule has 0 atom stereocenters. The zero-order valence-electron chi connectivity index (χ0n) is 11.8. The van der Waals surface area contributed by atoms with Gasteiger partial charge in [-0.25, -0.2) is 0 Å². The number of hydrogen-bond donors (Lipinski definition) is 0. The summed E-state index contributed by atoms with van der Waals surface area (Å²) in [5.41, 5.74) is 0. The van der Waals surface area contributed by atoms with Gasteiger partial charge in [0.2, 0.25) is 0 Å². The van der Waals surface area contributed by atoms with Crippen molar-refractivity contribution in [3.8, 4) is 0 Å².